The number of carbonyl (C=O) groups is 3. The number of piperazine rings is 1. The summed E-state index contributed by atoms with van der Waals surface area (Å²) in [4.78, 5) is 39.2. The molecule has 0 aromatic heterocycles. The van der Waals surface area contributed by atoms with Gasteiger partial charge in [-0.3, -0.25) is 14.4 Å². The third kappa shape index (κ3) is 3.04. The fourth-order valence-corrected chi connectivity index (χ4v) is 3.20. The summed E-state index contributed by atoms with van der Waals surface area (Å²) in [7, 11) is 0. The fourth-order valence-electron chi connectivity index (χ4n) is 3.20. The van der Waals surface area contributed by atoms with Crippen molar-refractivity contribution in [1.29, 1.82) is 0 Å². The molecular formula is C15H22N2O4. The number of carbonyl (C=O) groups excluding carboxylic acids is 2. The number of hydrogen-bond donors (Lipinski definition) is 1. The molecule has 0 radical (unpaired) electrons. The number of nitrogens with zero attached hydrogens (tertiary/aromatic N) is 2. The summed E-state index contributed by atoms with van der Waals surface area (Å²) in [5, 5.41) is 9.05. The Kier molecular flexibility index (Phi) is 3.87. The standard InChI is InChI=1S/C15H22N2O4/c18-13(19)8-12-15(21)16(9-10-2-1-3-10)6-7-17(12)14(20)11-4-5-11/h10-12H,1-9H2,(H,18,19). The zero-order chi connectivity index (χ0) is 15.0. The van der Waals surface area contributed by atoms with Gasteiger partial charge < -0.3 is 14.9 Å². The first kappa shape index (κ1) is 14.4. The fraction of sp³-hybridized carbons (Fsp3) is 0.800. The van der Waals surface area contributed by atoms with Gasteiger partial charge in [0.15, 0.2) is 0 Å². The molecule has 1 aliphatic heterocycles. The van der Waals surface area contributed by atoms with Crippen molar-refractivity contribution in [3.05, 3.63) is 0 Å². The Morgan fingerprint density at radius 3 is 2.38 bits per heavy atom. The zero-order valence-electron chi connectivity index (χ0n) is 12.2. The molecule has 6 nitrogen and oxygen atoms in total. The Hall–Kier alpha value is -1.59. The number of amides is 2. The van der Waals surface area contributed by atoms with E-state index in [9.17, 15) is 14.4 Å². The normalized spacial score (nSPS) is 26.7. The van der Waals surface area contributed by atoms with E-state index in [4.69, 9.17) is 5.11 Å². The summed E-state index contributed by atoms with van der Waals surface area (Å²) in [6.45, 7) is 1.75. The highest BCUT2D eigenvalue weighted by Crippen LogP contribution is 2.33. The molecule has 1 saturated heterocycles. The van der Waals surface area contributed by atoms with Crippen LogP contribution in [0.2, 0.25) is 0 Å². The molecule has 3 fully saturated rings. The second kappa shape index (κ2) is 5.66. The van der Waals surface area contributed by atoms with Gasteiger partial charge in [-0.15, -0.1) is 0 Å². The van der Waals surface area contributed by atoms with Gasteiger partial charge in [0, 0.05) is 25.6 Å². The maximum atomic E-state index is 12.6. The molecule has 6 heteroatoms. The average molecular weight is 294 g/mol. The van der Waals surface area contributed by atoms with Crippen LogP contribution < -0.4 is 0 Å². The molecule has 0 aromatic rings. The molecule has 116 valence electrons. The number of carboxylic acids is 1. The van der Waals surface area contributed by atoms with Gasteiger partial charge in [0.2, 0.25) is 11.8 Å². The van der Waals surface area contributed by atoms with E-state index in [0.717, 1.165) is 32.2 Å². The number of hydrogen-bond acceptors (Lipinski definition) is 3. The Morgan fingerprint density at radius 1 is 1.14 bits per heavy atom. The lowest BCUT2D eigenvalue weighted by Gasteiger charge is -2.42. The van der Waals surface area contributed by atoms with Crippen LogP contribution in [-0.4, -0.2) is 58.4 Å². The number of carboxylic acid groups (broad SMARTS) is 1. The smallest absolute Gasteiger partial charge is 0.305 e. The SMILES string of the molecule is O=C(O)CC1C(=O)N(CC2CCC2)CCN1C(=O)C1CC1. The summed E-state index contributed by atoms with van der Waals surface area (Å²) >= 11 is 0. The van der Waals surface area contributed by atoms with Gasteiger partial charge in [-0.1, -0.05) is 6.42 Å². The van der Waals surface area contributed by atoms with Gasteiger partial charge in [0.1, 0.15) is 6.04 Å². The van der Waals surface area contributed by atoms with Crippen molar-refractivity contribution < 1.29 is 19.5 Å². The van der Waals surface area contributed by atoms with Gasteiger partial charge in [-0.2, -0.15) is 0 Å². The van der Waals surface area contributed by atoms with E-state index in [1.54, 1.807) is 4.90 Å². The molecule has 1 N–H and O–H groups in total. The quantitative estimate of drug-likeness (QED) is 0.810. The minimum atomic E-state index is -1.02. The van der Waals surface area contributed by atoms with Gasteiger partial charge >= 0.3 is 5.97 Å². The van der Waals surface area contributed by atoms with Crippen molar-refractivity contribution in [3.63, 3.8) is 0 Å². The summed E-state index contributed by atoms with van der Waals surface area (Å²) in [5.41, 5.74) is 0. The summed E-state index contributed by atoms with van der Waals surface area (Å²) < 4.78 is 0. The molecule has 2 amide bonds. The Balaban J connectivity index is 1.69. The van der Waals surface area contributed by atoms with Crippen molar-refractivity contribution in [1.82, 2.24) is 9.80 Å². The predicted molar refractivity (Wildman–Crippen MR) is 74.4 cm³/mol. The Bertz CT molecular complexity index is 457. The molecule has 1 unspecified atom stereocenters. The molecule has 3 rings (SSSR count). The second-order valence-electron chi connectivity index (χ2n) is 6.50. The summed E-state index contributed by atoms with van der Waals surface area (Å²) in [6.07, 6.45) is 4.98. The van der Waals surface area contributed by atoms with Crippen molar-refractivity contribution in [2.45, 2.75) is 44.6 Å². The van der Waals surface area contributed by atoms with Gasteiger partial charge in [-0.05, 0) is 31.6 Å². The van der Waals surface area contributed by atoms with Crippen molar-refractivity contribution in [2.24, 2.45) is 11.8 Å². The Labute approximate surface area is 124 Å². The lowest BCUT2D eigenvalue weighted by molar-refractivity contribution is -0.156. The second-order valence-corrected chi connectivity index (χ2v) is 6.50. The third-order valence-corrected chi connectivity index (χ3v) is 4.86. The lowest BCUT2D eigenvalue weighted by atomic mass is 9.85. The minimum absolute atomic E-state index is 0.0206. The van der Waals surface area contributed by atoms with E-state index >= 15 is 0 Å². The molecule has 3 aliphatic rings. The first-order valence-corrected chi connectivity index (χ1v) is 7.87. The maximum absolute atomic E-state index is 12.6. The average Bonchev–Trinajstić information content (AvgIpc) is 3.20. The van der Waals surface area contributed by atoms with E-state index < -0.39 is 12.0 Å². The lowest BCUT2D eigenvalue weighted by Crippen LogP contribution is -2.60. The molecule has 2 saturated carbocycles. The van der Waals surface area contributed by atoms with Crippen LogP contribution in [0.3, 0.4) is 0 Å². The van der Waals surface area contributed by atoms with Crippen molar-refractivity contribution >= 4 is 17.8 Å². The topological polar surface area (TPSA) is 77.9 Å². The molecule has 0 spiro atoms. The monoisotopic (exact) mass is 294 g/mol. The molecule has 2 aliphatic carbocycles. The maximum Gasteiger partial charge on any atom is 0.305 e. The van der Waals surface area contributed by atoms with E-state index in [1.165, 1.54) is 11.3 Å². The summed E-state index contributed by atoms with van der Waals surface area (Å²) in [5.74, 6) is -0.646. The zero-order valence-corrected chi connectivity index (χ0v) is 12.2. The van der Waals surface area contributed by atoms with Crippen LogP contribution in [0.15, 0.2) is 0 Å². The van der Waals surface area contributed by atoms with Gasteiger partial charge in [0.25, 0.3) is 0 Å². The predicted octanol–water partition coefficient (Wildman–Crippen LogP) is 0.711. The van der Waals surface area contributed by atoms with Crippen molar-refractivity contribution in [2.75, 3.05) is 19.6 Å². The van der Waals surface area contributed by atoms with Crippen molar-refractivity contribution in [3.8, 4) is 0 Å². The molecule has 1 heterocycles. The van der Waals surface area contributed by atoms with Crippen LogP contribution in [0.1, 0.15) is 38.5 Å². The highest BCUT2D eigenvalue weighted by Gasteiger charge is 2.43. The molecule has 0 aromatic carbocycles. The molecule has 21 heavy (non-hydrogen) atoms. The highest BCUT2D eigenvalue weighted by molar-refractivity contribution is 5.93. The minimum Gasteiger partial charge on any atom is -0.481 e. The largest absolute Gasteiger partial charge is 0.481 e. The van der Waals surface area contributed by atoms with Crippen LogP contribution in [0, 0.1) is 11.8 Å². The van der Waals surface area contributed by atoms with Gasteiger partial charge in [-0.25, -0.2) is 0 Å². The molecule has 0 bridgehead atoms. The molecular weight excluding hydrogens is 272 g/mol. The van der Waals surface area contributed by atoms with E-state index in [2.05, 4.69) is 0 Å². The first-order chi connectivity index (χ1) is 10.1. The first-order valence-electron chi connectivity index (χ1n) is 7.87. The summed E-state index contributed by atoms with van der Waals surface area (Å²) in [6, 6.07) is -0.801. The van der Waals surface area contributed by atoms with Crippen LogP contribution in [0.5, 0.6) is 0 Å². The highest BCUT2D eigenvalue weighted by atomic mass is 16.4. The van der Waals surface area contributed by atoms with Crippen LogP contribution in [0.4, 0.5) is 0 Å². The van der Waals surface area contributed by atoms with E-state index in [1.807, 2.05) is 0 Å². The third-order valence-electron chi connectivity index (χ3n) is 4.86. The van der Waals surface area contributed by atoms with Gasteiger partial charge in [0.05, 0.1) is 6.42 Å². The van der Waals surface area contributed by atoms with Crippen LogP contribution in [-0.2, 0) is 14.4 Å². The molecule has 1 atom stereocenters. The Morgan fingerprint density at radius 2 is 1.86 bits per heavy atom. The van der Waals surface area contributed by atoms with E-state index in [0.29, 0.717) is 19.0 Å². The number of rotatable bonds is 5. The number of aliphatic carboxylic acids is 1. The van der Waals surface area contributed by atoms with Crippen LogP contribution >= 0.6 is 0 Å². The van der Waals surface area contributed by atoms with Crippen LogP contribution in [0.25, 0.3) is 0 Å². The van der Waals surface area contributed by atoms with E-state index in [-0.39, 0.29) is 24.2 Å².